The summed E-state index contributed by atoms with van der Waals surface area (Å²) in [5, 5.41) is 15.3. The first kappa shape index (κ1) is 27.7. The molecule has 0 aliphatic carbocycles. The van der Waals surface area contributed by atoms with Gasteiger partial charge in [0.25, 0.3) is 0 Å². The monoisotopic (exact) mass is 553 g/mol. The zero-order valence-corrected chi connectivity index (χ0v) is 22.0. The molecule has 0 fully saturated rings. The van der Waals surface area contributed by atoms with Crippen LogP contribution in [0.5, 0.6) is 5.75 Å². The molecule has 1 unspecified atom stereocenters. The van der Waals surface area contributed by atoms with Crippen LogP contribution in [-0.2, 0) is 27.2 Å². The largest absolute Gasteiger partial charge is 0.468 e. The number of aromatic nitrogens is 4. The first-order chi connectivity index (χ1) is 17.4. The minimum absolute atomic E-state index is 0.145. The highest BCUT2D eigenvalue weighted by Gasteiger charge is 2.22. The normalized spacial score (nSPS) is 11.7. The van der Waals surface area contributed by atoms with Gasteiger partial charge in [0.2, 0.25) is 5.16 Å². The number of carbonyl (C=O) groups is 2. The van der Waals surface area contributed by atoms with Crippen LogP contribution < -0.4 is 10.1 Å². The maximum Gasteiger partial charge on any atom is 0.407 e. The van der Waals surface area contributed by atoms with Crippen molar-refractivity contribution in [2.24, 2.45) is 0 Å². The zero-order chi connectivity index (χ0) is 25.9. The quantitative estimate of drug-likeness (QED) is 0.306. The number of rotatable bonds is 13. The van der Waals surface area contributed by atoms with E-state index >= 15 is 0 Å². The van der Waals surface area contributed by atoms with E-state index in [1.165, 1.54) is 4.68 Å². The van der Waals surface area contributed by atoms with Gasteiger partial charge < -0.3 is 19.5 Å². The molecule has 36 heavy (non-hydrogen) atoms. The summed E-state index contributed by atoms with van der Waals surface area (Å²) in [5.41, 5.74) is 0.970. The standard InChI is InChI=1S/C23H25Cl2N5O5S/c1-3-19(26-23(32)34-12-11-15-7-9-16(10-8-15)35-14-33-2)20(31)13-30-22(27-28-29-30)36-21-17(24)5-4-6-18(21)25/h4-10,19H,3,11-14H2,1-2H3,(H,26,32). The molecule has 0 spiro atoms. The second kappa shape index (κ2) is 14.0. The predicted molar refractivity (Wildman–Crippen MR) is 135 cm³/mol. The van der Waals surface area contributed by atoms with E-state index in [4.69, 9.17) is 37.4 Å². The van der Waals surface area contributed by atoms with Crippen molar-refractivity contribution in [1.82, 2.24) is 25.5 Å². The van der Waals surface area contributed by atoms with Gasteiger partial charge in [-0.05, 0) is 58.4 Å². The van der Waals surface area contributed by atoms with Crippen molar-refractivity contribution < 1.29 is 23.8 Å². The van der Waals surface area contributed by atoms with Gasteiger partial charge in [0, 0.05) is 13.5 Å². The van der Waals surface area contributed by atoms with Gasteiger partial charge in [-0.3, -0.25) is 4.79 Å². The Morgan fingerprint density at radius 1 is 1.14 bits per heavy atom. The van der Waals surface area contributed by atoms with Crippen LogP contribution in [0.2, 0.25) is 10.0 Å². The molecule has 1 amide bonds. The lowest BCUT2D eigenvalue weighted by atomic mass is 10.1. The molecule has 3 aromatic rings. The fourth-order valence-electron chi connectivity index (χ4n) is 3.03. The molecule has 10 nitrogen and oxygen atoms in total. The number of ether oxygens (including phenoxy) is 3. The summed E-state index contributed by atoms with van der Waals surface area (Å²) in [6.07, 6.45) is 0.209. The van der Waals surface area contributed by atoms with Gasteiger partial charge >= 0.3 is 6.09 Å². The number of Topliss-reactive ketones (excluding diaryl/α,β-unsaturated/α-hetero) is 1. The predicted octanol–water partition coefficient (Wildman–Crippen LogP) is 4.43. The summed E-state index contributed by atoms with van der Waals surface area (Å²) >= 11 is 13.6. The maximum atomic E-state index is 12.8. The third-order valence-corrected chi connectivity index (χ3v) is 6.87. The van der Waals surface area contributed by atoms with E-state index in [1.54, 1.807) is 32.2 Å². The minimum atomic E-state index is -0.763. The Hall–Kier alpha value is -2.86. The number of amides is 1. The van der Waals surface area contributed by atoms with Gasteiger partial charge in [0.05, 0.1) is 27.6 Å². The van der Waals surface area contributed by atoms with Crippen LogP contribution in [0, 0.1) is 0 Å². The number of nitrogens with zero attached hydrogens (tertiary/aromatic N) is 4. The molecule has 13 heteroatoms. The summed E-state index contributed by atoms with van der Waals surface area (Å²) < 4.78 is 16.8. The number of halogens is 2. The van der Waals surface area contributed by atoms with Crippen molar-refractivity contribution in [3.05, 3.63) is 58.1 Å². The van der Waals surface area contributed by atoms with E-state index in [2.05, 4.69) is 20.8 Å². The van der Waals surface area contributed by atoms with Crippen molar-refractivity contribution in [2.75, 3.05) is 20.5 Å². The molecular formula is C23H25Cl2N5O5S. The number of nitrogens with one attached hydrogen (secondary N) is 1. The fourth-order valence-corrected chi connectivity index (χ4v) is 4.46. The highest BCUT2D eigenvalue weighted by molar-refractivity contribution is 7.99. The Kier molecular flexibility index (Phi) is 10.8. The Balaban J connectivity index is 1.49. The van der Waals surface area contributed by atoms with Crippen molar-refractivity contribution in [2.45, 2.75) is 42.4 Å². The third-order valence-electron chi connectivity index (χ3n) is 4.90. The zero-order valence-electron chi connectivity index (χ0n) is 19.6. The Bertz CT molecular complexity index is 1140. The first-order valence-electron chi connectivity index (χ1n) is 11.0. The molecule has 2 aromatic carbocycles. The van der Waals surface area contributed by atoms with E-state index < -0.39 is 12.1 Å². The number of ketones is 1. The smallest absolute Gasteiger partial charge is 0.407 e. The Morgan fingerprint density at radius 3 is 2.53 bits per heavy atom. The molecule has 3 rings (SSSR count). The second-order valence-electron chi connectivity index (χ2n) is 7.42. The van der Waals surface area contributed by atoms with Crippen LogP contribution in [0.4, 0.5) is 4.79 Å². The Morgan fingerprint density at radius 2 is 1.86 bits per heavy atom. The second-order valence-corrected chi connectivity index (χ2v) is 9.22. The van der Waals surface area contributed by atoms with Gasteiger partial charge in [-0.25, -0.2) is 9.48 Å². The van der Waals surface area contributed by atoms with Crippen LogP contribution in [0.25, 0.3) is 0 Å². The van der Waals surface area contributed by atoms with E-state index in [-0.39, 0.29) is 25.7 Å². The lowest BCUT2D eigenvalue weighted by Crippen LogP contribution is -2.42. The molecule has 1 N–H and O–H groups in total. The van der Waals surface area contributed by atoms with E-state index in [0.717, 1.165) is 17.3 Å². The van der Waals surface area contributed by atoms with Crippen molar-refractivity contribution in [1.29, 1.82) is 0 Å². The van der Waals surface area contributed by atoms with E-state index in [9.17, 15) is 9.59 Å². The topological polar surface area (TPSA) is 117 Å². The average Bonchev–Trinajstić information content (AvgIpc) is 3.30. The molecule has 1 atom stereocenters. The molecule has 0 radical (unpaired) electrons. The van der Waals surface area contributed by atoms with Gasteiger partial charge in [-0.1, -0.05) is 48.3 Å². The van der Waals surface area contributed by atoms with Gasteiger partial charge in [-0.15, -0.1) is 5.10 Å². The molecule has 0 saturated heterocycles. The number of carbonyl (C=O) groups excluding carboxylic acids is 2. The average molecular weight is 554 g/mol. The summed E-state index contributed by atoms with van der Waals surface area (Å²) in [6.45, 7) is 1.97. The molecule has 1 aromatic heterocycles. The minimum Gasteiger partial charge on any atom is -0.468 e. The maximum absolute atomic E-state index is 12.8. The highest BCUT2D eigenvalue weighted by atomic mass is 35.5. The fraction of sp³-hybridized carbons (Fsp3) is 0.348. The molecular weight excluding hydrogens is 529 g/mol. The number of benzene rings is 2. The summed E-state index contributed by atoms with van der Waals surface area (Å²) in [5.74, 6) is 0.406. The SMILES string of the molecule is CCC(NC(=O)OCCc1ccc(OCOC)cc1)C(=O)Cn1nnnc1Sc1c(Cl)cccc1Cl. The molecule has 0 aliphatic heterocycles. The number of tetrazole rings is 1. The summed E-state index contributed by atoms with van der Waals surface area (Å²) in [7, 11) is 1.55. The first-order valence-corrected chi connectivity index (χ1v) is 12.5. The van der Waals surface area contributed by atoms with Crippen molar-refractivity contribution in [3.63, 3.8) is 0 Å². The molecule has 0 bridgehead atoms. The lowest BCUT2D eigenvalue weighted by molar-refractivity contribution is -0.122. The van der Waals surface area contributed by atoms with Crippen LogP contribution in [-0.4, -0.2) is 58.6 Å². The van der Waals surface area contributed by atoms with Crippen LogP contribution in [0.3, 0.4) is 0 Å². The van der Waals surface area contributed by atoms with Crippen molar-refractivity contribution in [3.8, 4) is 5.75 Å². The molecule has 0 saturated carbocycles. The van der Waals surface area contributed by atoms with Gasteiger partial charge in [0.15, 0.2) is 12.6 Å². The van der Waals surface area contributed by atoms with Crippen LogP contribution >= 0.6 is 35.0 Å². The lowest BCUT2D eigenvalue weighted by Gasteiger charge is -2.16. The number of methoxy groups -OCH3 is 1. The number of hydrogen-bond donors (Lipinski definition) is 1. The molecule has 0 aliphatic rings. The molecule has 192 valence electrons. The van der Waals surface area contributed by atoms with Gasteiger partial charge in [-0.2, -0.15) is 0 Å². The summed E-state index contributed by atoms with van der Waals surface area (Å²) in [6, 6.07) is 11.7. The van der Waals surface area contributed by atoms with E-state index in [0.29, 0.717) is 38.7 Å². The number of alkyl carbamates (subject to hydrolysis) is 1. The third kappa shape index (κ3) is 8.09. The molecule has 1 heterocycles. The number of hydrogen-bond acceptors (Lipinski definition) is 9. The van der Waals surface area contributed by atoms with Crippen LogP contribution in [0.1, 0.15) is 18.9 Å². The van der Waals surface area contributed by atoms with Gasteiger partial charge in [0.1, 0.15) is 12.3 Å². The van der Waals surface area contributed by atoms with Crippen LogP contribution in [0.15, 0.2) is 52.5 Å². The Labute approximate surface area is 222 Å². The van der Waals surface area contributed by atoms with E-state index in [1.807, 2.05) is 24.3 Å². The highest BCUT2D eigenvalue weighted by Crippen LogP contribution is 2.37. The summed E-state index contributed by atoms with van der Waals surface area (Å²) in [4.78, 5) is 25.7. The van der Waals surface area contributed by atoms with Crippen molar-refractivity contribution >= 4 is 46.8 Å².